The summed E-state index contributed by atoms with van der Waals surface area (Å²) in [5.41, 5.74) is 5.32. The molecular formula is C22H25N3OS. The summed E-state index contributed by atoms with van der Waals surface area (Å²) < 4.78 is 2.08. The van der Waals surface area contributed by atoms with E-state index in [-0.39, 0.29) is 11.0 Å². The molecule has 5 heteroatoms. The first-order valence-electron chi connectivity index (χ1n) is 9.19. The number of Topliss-reactive ketones (excluding diaryl/α,β-unsaturated/α-hetero) is 1. The maximum absolute atomic E-state index is 12.9. The van der Waals surface area contributed by atoms with Crippen LogP contribution in [0.3, 0.4) is 0 Å². The SMILES string of the molecule is CCn1c(S[C@H](C)C(=O)c2ccc(C)c(C)c2)nnc1-c1ccccc1C. The van der Waals surface area contributed by atoms with Crippen LogP contribution in [0.2, 0.25) is 0 Å². The second-order valence-corrected chi connectivity index (χ2v) is 8.10. The van der Waals surface area contributed by atoms with Crippen molar-refractivity contribution in [1.29, 1.82) is 0 Å². The Bertz CT molecular complexity index is 977. The topological polar surface area (TPSA) is 47.8 Å². The molecule has 27 heavy (non-hydrogen) atoms. The van der Waals surface area contributed by atoms with Gasteiger partial charge in [0, 0.05) is 17.7 Å². The maximum Gasteiger partial charge on any atom is 0.192 e. The maximum atomic E-state index is 12.9. The minimum absolute atomic E-state index is 0.117. The molecule has 0 unspecified atom stereocenters. The fourth-order valence-corrected chi connectivity index (χ4v) is 4.02. The first kappa shape index (κ1) is 19.4. The van der Waals surface area contributed by atoms with Gasteiger partial charge in [-0.3, -0.25) is 4.79 Å². The molecule has 3 rings (SSSR count). The number of hydrogen-bond donors (Lipinski definition) is 0. The summed E-state index contributed by atoms with van der Waals surface area (Å²) in [6, 6.07) is 14.0. The number of thioether (sulfide) groups is 1. The molecule has 3 aromatic rings. The summed E-state index contributed by atoms with van der Waals surface area (Å²) in [4.78, 5) is 12.9. The zero-order chi connectivity index (χ0) is 19.6. The van der Waals surface area contributed by atoms with Gasteiger partial charge in [-0.25, -0.2) is 0 Å². The molecular weight excluding hydrogens is 354 g/mol. The van der Waals surface area contributed by atoms with Gasteiger partial charge in [-0.15, -0.1) is 10.2 Å². The minimum atomic E-state index is -0.230. The summed E-state index contributed by atoms with van der Waals surface area (Å²) in [5.74, 6) is 0.968. The molecule has 0 fully saturated rings. The Morgan fingerprint density at radius 2 is 1.78 bits per heavy atom. The van der Waals surface area contributed by atoms with Crippen molar-refractivity contribution in [2.24, 2.45) is 0 Å². The minimum Gasteiger partial charge on any atom is -0.302 e. The van der Waals surface area contributed by atoms with Gasteiger partial charge >= 0.3 is 0 Å². The van der Waals surface area contributed by atoms with E-state index in [9.17, 15) is 4.79 Å². The second-order valence-electron chi connectivity index (χ2n) is 6.79. The van der Waals surface area contributed by atoms with Gasteiger partial charge in [0.25, 0.3) is 0 Å². The van der Waals surface area contributed by atoms with Crippen molar-refractivity contribution in [3.63, 3.8) is 0 Å². The van der Waals surface area contributed by atoms with Crippen LogP contribution in [-0.4, -0.2) is 25.8 Å². The number of nitrogens with zero attached hydrogens (tertiary/aromatic N) is 3. The van der Waals surface area contributed by atoms with Crippen molar-refractivity contribution in [3.05, 3.63) is 64.7 Å². The lowest BCUT2D eigenvalue weighted by Crippen LogP contribution is -2.15. The molecule has 0 aliphatic heterocycles. The molecule has 1 atom stereocenters. The van der Waals surface area contributed by atoms with Gasteiger partial charge in [0.1, 0.15) is 0 Å². The molecule has 0 saturated carbocycles. The Balaban J connectivity index is 1.86. The smallest absolute Gasteiger partial charge is 0.192 e. The summed E-state index contributed by atoms with van der Waals surface area (Å²) in [6.07, 6.45) is 0. The van der Waals surface area contributed by atoms with Crippen molar-refractivity contribution in [3.8, 4) is 11.4 Å². The number of rotatable bonds is 6. The lowest BCUT2D eigenvalue weighted by atomic mass is 10.0. The molecule has 0 amide bonds. The van der Waals surface area contributed by atoms with Gasteiger partial charge in [-0.05, 0) is 57.4 Å². The first-order chi connectivity index (χ1) is 12.9. The second kappa shape index (κ2) is 8.09. The average Bonchev–Trinajstić information content (AvgIpc) is 3.06. The number of benzene rings is 2. The molecule has 0 spiro atoms. The molecule has 0 saturated heterocycles. The normalized spacial score (nSPS) is 12.2. The lowest BCUT2D eigenvalue weighted by molar-refractivity contribution is 0.0993. The highest BCUT2D eigenvalue weighted by molar-refractivity contribution is 8.00. The molecule has 0 radical (unpaired) electrons. The van der Waals surface area contributed by atoms with E-state index in [1.165, 1.54) is 17.3 Å². The van der Waals surface area contributed by atoms with Gasteiger partial charge in [0.15, 0.2) is 16.8 Å². The highest BCUT2D eigenvalue weighted by Crippen LogP contribution is 2.29. The third kappa shape index (κ3) is 3.98. The van der Waals surface area contributed by atoms with Crippen LogP contribution in [-0.2, 0) is 6.54 Å². The van der Waals surface area contributed by atoms with Crippen LogP contribution in [0.25, 0.3) is 11.4 Å². The average molecular weight is 380 g/mol. The number of hydrogen-bond acceptors (Lipinski definition) is 4. The van der Waals surface area contributed by atoms with E-state index in [4.69, 9.17) is 0 Å². The van der Waals surface area contributed by atoms with Crippen molar-refractivity contribution >= 4 is 17.5 Å². The number of carbonyl (C=O) groups is 1. The largest absolute Gasteiger partial charge is 0.302 e. The summed E-state index contributed by atoms with van der Waals surface area (Å²) in [7, 11) is 0. The number of aromatic nitrogens is 3. The molecule has 140 valence electrons. The van der Waals surface area contributed by atoms with Gasteiger partial charge in [-0.1, -0.05) is 48.2 Å². The van der Waals surface area contributed by atoms with Crippen molar-refractivity contribution in [1.82, 2.24) is 14.8 Å². The zero-order valence-electron chi connectivity index (χ0n) is 16.5. The van der Waals surface area contributed by atoms with Crippen LogP contribution in [0.15, 0.2) is 47.6 Å². The Hall–Kier alpha value is -2.40. The Kier molecular flexibility index (Phi) is 5.80. The van der Waals surface area contributed by atoms with E-state index in [0.717, 1.165) is 39.8 Å². The van der Waals surface area contributed by atoms with Crippen LogP contribution < -0.4 is 0 Å². The Morgan fingerprint density at radius 1 is 1.04 bits per heavy atom. The monoisotopic (exact) mass is 379 g/mol. The first-order valence-corrected chi connectivity index (χ1v) is 10.1. The van der Waals surface area contributed by atoms with Crippen LogP contribution in [0.5, 0.6) is 0 Å². The lowest BCUT2D eigenvalue weighted by Gasteiger charge is -2.13. The third-order valence-corrected chi connectivity index (χ3v) is 5.94. The molecule has 0 aliphatic rings. The molecule has 4 nitrogen and oxygen atoms in total. The van der Waals surface area contributed by atoms with Gasteiger partial charge in [-0.2, -0.15) is 0 Å². The molecule has 1 aromatic heterocycles. The van der Waals surface area contributed by atoms with Crippen LogP contribution in [0.1, 0.15) is 40.9 Å². The molecule has 2 aromatic carbocycles. The molecule has 0 N–H and O–H groups in total. The third-order valence-electron chi connectivity index (χ3n) is 4.86. The van der Waals surface area contributed by atoms with E-state index in [1.807, 2.05) is 44.2 Å². The highest BCUT2D eigenvalue weighted by atomic mass is 32.2. The van der Waals surface area contributed by atoms with E-state index in [1.54, 1.807) is 0 Å². The Morgan fingerprint density at radius 3 is 2.44 bits per heavy atom. The van der Waals surface area contributed by atoms with Gasteiger partial charge in [0.2, 0.25) is 0 Å². The number of aryl methyl sites for hydroxylation is 3. The van der Waals surface area contributed by atoms with Gasteiger partial charge < -0.3 is 4.57 Å². The standard InChI is InChI=1S/C22H25N3OS/c1-6-25-21(19-10-8-7-9-15(19)3)23-24-22(25)27-17(5)20(26)18-12-11-14(2)16(4)13-18/h7-13,17H,6H2,1-5H3/t17-/m1/s1. The molecule has 0 aliphatic carbocycles. The van der Waals surface area contributed by atoms with E-state index >= 15 is 0 Å². The predicted molar refractivity (Wildman–Crippen MR) is 111 cm³/mol. The highest BCUT2D eigenvalue weighted by Gasteiger charge is 2.22. The van der Waals surface area contributed by atoms with Crippen LogP contribution in [0, 0.1) is 20.8 Å². The van der Waals surface area contributed by atoms with Crippen LogP contribution in [0.4, 0.5) is 0 Å². The van der Waals surface area contributed by atoms with E-state index in [0.29, 0.717) is 0 Å². The van der Waals surface area contributed by atoms with Crippen molar-refractivity contribution in [2.75, 3.05) is 0 Å². The number of carbonyl (C=O) groups excluding carboxylic acids is 1. The molecule has 1 heterocycles. The van der Waals surface area contributed by atoms with E-state index < -0.39 is 0 Å². The fourth-order valence-electron chi connectivity index (χ4n) is 3.02. The fraction of sp³-hybridized carbons (Fsp3) is 0.318. The predicted octanol–water partition coefficient (Wildman–Crippen LogP) is 5.25. The van der Waals surface area contributed by atoms with Crippen molar-refractivity contribution < 1.29 is 4.79 Å². The van der Waals surface area contributed by atoms with Gasteiger partial charge in [0.05, 0.1) is 5.25 Å². The number of ketones is 1. The quantitative estimate of drug-likeness (QED) is 0.433. The summed E-state index contributed by atoms with van der Waals surface area (Å²) in [5, 5.41) is 9.33. The summed E-state index contributed by atoms with van der Waals surface area (Å²) >= 11 is 1.47. The summed E-state index contributed by atoms with van der Waals surface area (Å²) in [6.45, 7) is 10.9. The zero-order valence-corrected chi connectivity index (χ0v) is 17.3. The Labute approximate surface area is 165 Å². The molecule has 0 bridgehead atoms. The van der Waals surface area contributed by atoms with Crippen molar-refractivity contribution in [2.45, 2.75) is 51.6 Å². The van der Waals surface area contributed by atoms with E-state index in [2.05, 4.69) is 47.7 Å². The van der Waals surface area contributed by atoms with Crippen LogP contribution >= 0.6 is 11.8 Å².